The van der Waals surface area contributed by atoms with Gasteiger partial charge >= 0.3 is 0 Å². The van der Waals surface area contributed by atoms with Crippen molar-refractivity contribution >= 4 is 11.4 Å². The summed E-state index contributed by atoms with van der Waals surface area (Å²) >= 11 is 0. The van der Waals surface area contributed by atoms with E-state index in [0.29, 0.717) is 23.3 Å². The molecule has 4 fully saturated rings. The Labute approximate surface area is 177 Å². The number of rotatable bonds is 2. The Hall–Kier alpha value is -2.62. The number of allylic oxidation sites excluding steroid dienone is 2. The first-order valence-electron chi connectivity index (χ1n) is 11.4. The summed E-state index contributed by atoms with van der Waals surface area (Å²) in [6.07, 6.45) is 5.12. The van der Waals surface area contributed by atoms with E-state index >= 15 is 0 Å². The van der Waals surface area contributed by atoms with E-state index in [-0.39, 0.29) is 0 Å². The fourth-order valence-electron chi connectivity index (χ4n) is 8.02. The van der Waals surface area contributed by atoms with Gasteiger partial charge in [-0.15, -0.1) is 0 Å². The molecule has 2 heterocycles. The SMILES string of the molecule is Oc1cccc(N2C[C@@H]3[C@@H](C2)[C@H]2[C@H]4C=C[C@H]([C@H]5CN(c6cccc(O)c6)C[C@@H]45)[C@H]32)c1. The highest BCUT2D eigenvalue weighted by Crippen LogP contribution is 2.67. The van der Waals surface area contributed by atoms with Crippen LogP contribution in [0, 0.1) is 47.3 Å². The van der Waals surface area contributed by atoms with Gasteiger partial charge in [-0.1, -0.05) is 24.3 Å². The molecule has 154 valence electrons. The average molecular weight is 401 g/mol. The second-order valence-corrected chi connectivity index (χ2v) is 10.2. The van der Waals surface area contributed by atoms with Gasteiger partial charge in [0, 0.05) is 49.7 Å². The maximum atomic E-state index is 9.93. The number of phenolic OH excluding ortho intramolecular Hbond substituents is 2. The highest BCUT2D eigenvalue weighted by Gasteiger charge is 2.66. The third-order valence-electron chi connectivity index (χ3n) is 9.08. The van der Waals surface area contributed by atoms with E-state index in [2.05, 4.69) is 34.1 Å². The molecule has 0 spiro atoms. The molecular weight excluding hydrogens is 372 g/mol. The summed E-state index contributed by atoms with van der Waals surface area (Å²) in [5.74, 6) is 6.90. The van der Waals surface area contributed by atoms with Crippen molar-refractivity contribution in [2.75, 3.05) is 36.0 Å². The second-order valence-electron chi connectivity index (χ2n) is 10.2. The molecule has 0 aromatic heterocycles. The van der Waals surface area contributed by atoms with Gasteiger partial charge in [-0.3, -0.25) is 0 Å². The monoisotopic (exact) mass is 400 g/mol. The Kier molecular flexibility index (Phi) is 3.40. The maximum absolute atomic E-state index is 9.93. The largest absolute Gasteiger partial charge is 0.508 e. The molecule has 0 unspecified atom stereocenters. The Morgan fingerprint density at radius 1 is 0.600 bits per heavy atom. The lowest BCUT2D eigenvalue weighted by Gasteiger charge is -2.63. The van der Waals surface area contributed by atoms with Crippen LogP contribution in [0.15, 0.2) is 60.7 Å². The second kappa shape index (κ2) is 5.96. The van der Waals surface area contributed by atoms with Gasteiger partial charge in [-0.05, 0) is 71.6 Å². The molecule has 2 saturated heterocycles. The van der Waals surface area contributed by atoms with Gasteiger partial charge < -0.3 is 20.0 Å². The minimum Gasteiger partial charge on any atom is -0.508 e. The number of fused-ring (bicyclic) bond motifs is 1. The lowest BCUT2D eigenvalue weighted by Crippen LogP contribution is -2.61. The molecular formula is C26H28N2O2. The van der Waals surface area contributed by atoms with Gasteiger partial charge in [0.1, 0.15) is 11.5 Å². The number of hydrogen-bond donors (Lipinski definition) is 2. The van der Waals surface area contributed by atoms with E-state index in [0.717, 1.165) is 61.7 Å². The first kappa shape index (κ1) is 17.1. The first-order chi connectivity index (χ1) is 14.7. The molecule has 8 rings (SSSR count). The molecule has 2 N–H and O–H groups in total. The molecule has 2 aromatic rings. The van der Waals surface area contributed by atoms with Gasteiger partial charge in [0.2, 0.25) is 0 Å². The zero-order valence-corrected chi connectivity index (χ0v) is 17.0. The third kappa shape index (κ3) is 2.22. The smallest absolute Gasteiger partial charge is 0.117 e. The fraction of sp³-hybridized carbons (Fsp3) is 0.462. The highest BCUT2D eigenvalue weighted by molar-refractivity contribution is 5.54. The van der Waals surface area contributed by atoms with Crippen molar-refractivity contribution in [1.82, 2.24) is 0 Å². The maximum Gasteiger partial charge on any atom is 0.117 e. The summed E-state index contributed by atoms with van der Waals surface area (Å²) in [6, 6.07) is 15.6. The van der Waals surface area contributed by atoms with Gasteiger partial charge in [-0.25, -0.2) is 0 Å². The van der Waals surface area contributed by atoms with Crippen LogP contribution in [0.2, 0.25) is 0 Å². The Morgan fingerprint density at radius 2 is 1.03 bits per heavy atom. The summed E-state index contributed by atoms with van der Waals surface area (Å²) in [5, 5.41) is 19.8. The Bertz CT molecular complexity index is 999. The van der Waals surface area contributed by atoms with Gasteiger partial charge in [0.25, 0.3) is 0 Å². The van der Waals surface area contributed by atoms with Crippen LogP contribution in [-0.2, 0) is 0 Å². The summed E-state index contributed by atoms with van der Waals surface area (Å²) in [4.78, 5) is 5.03. The quantitative estimate of drug-likeness (QED) is 0.749. The van der Waals surface area contributed by atoms with Crippen LogP contribution >= 0.6 is 0 Å². The standard InChI is InChI=1S/C26H28N2O2/c29-17-5-1-3-15(9-17)27-11-21-19-7-8-20(22(21)12-27)26-24-14-28(13-23(24)25(19)26)16-4-2-6-18(30)10-16/h1-10,19-26,29-30H,11-14H2/t19-,20+,21-,22+,23-,24-,25-,26-/m1/s1. The van der Waals surface area contributed by atoms with Crippen LogP contribution in [0.5, 0.6) is 11.5 Å². The molecule has 4 aliphatic carbocycles. The van der Waals surface area contributed by atoms with Crippen molar-refractivity contribution in [2.24, 2.45) is 47.3 Å². The number of phenols is 2. The number of hydrogen-bond acceptors (Lipinski definition) is 4. The van der Waals surface area contributed by atoms with Crippen molar-refractivity contribution in [3.63, 3.8) is 0 Å². The minimum absolute atomic E-state index is 0.366. The summed E-state index contributed by atoms with van der Waals surface area (Å²) in [7, 11) is 0. The molecule has 30 heavy (non-hydrogen) atoms. The van der Waals surface area contributed by atoms with Crippen LogP contribution in [0.3, 0.4) is 0 Å². The van der Waals surface area contributed by atoms with Gasteiger partial charge in [0.05, 0.1) is 0 Å². The molecule has 6 aliphatic rings. The van der Waals surface area contributed by atoms with Crippen LogP contribution in [0.4, 0.5) is 11.4 Å². The van der Waals surface area contributed by atoms with Crippen LogP contribution in [0.25, 0.3) is 0 Å². The predicted molar refractivity (Wildman–Crippen MR) is 118 cm³/mol. The Morgan fingerprint density at radius 3 is 1.47 bits per heavy atom. The first-order valence-corrected chi connectivity index (χ1v) is 11.4. The molecule has 2 aliphatic heterocycles. The van der Waals surface area contributed by atoms with Crippen molar-refractivity contribution in [2.45, 2.75) is 0 Å². The number of aromatic hydroxyl groups is 2. The zero-order valence-electron chi connectivity index (χ0n) is 17.0. The van der Waals surface area contributed by atoms with E-state index in [1.807, 2.05) is 24.3 Å². The van der Waals surface area contributed by atoms with E-state index < -0.39 is 0 Å². The molecule has 0 radical (unpaired) electrons. The molecule has 2 bridgehead atoms. The number of anilines is 2. The Balaban J connectivity index is 1.14. The summed E-state index contributed by atoms with van der Waals surface area (Å²) < 4.78 is 0. The van der Waals surface area contributed by atoms with Crippen molar-refractivity contribution in [3.8, 4) is 11.5 Å². The molecule has 2 aromatic carbocycles. The molecule has 4 nitrogen and oxygen atoms in total. The van der Waals surface area contributed by atoms with E-state index in [1.165, 1.54) is 11.4 Å². The van der Waals surface area contributed by atoms with E-state index in [1.54, 1.807) is 12.1 Å². The van der Waals surface area contributed by atoms with Gasteiger partial charge in [-0.2, -0.15) is 0 Å². The number of benzene rings is 2. The molecule has 0 amide bonds. The molecule has 4 heteroatoms. The summed E-state index contributed by atoms with van der Waals surface area (Å²) in [6.45, 7) is 4.52. The van der Waals surface area contributed by atoms with Crippen molar-refractivity contribution in [3.05, 3.63) is 60.7 Å². The fourth-order valence-corrected chi connectivity index (χ4v) is 8.02. The lowest BCUT2D eigenvalue weighted by molar-refractivity contribution is -0.119. The van der Waals surface area contributed by atoms with Crippen LogP contribution in [-0.4, -0.2) is 36.4 Å². The third-order valence-corrected chi connectivity index (χ3v) is 9.08. The predicted octanol–water partition coefficient (Wildman–Crippen LogP) is 3.96. The normalized spacial score (nSPS) is 40.1. The minimum atomic E-state index is 0.366. The van der Waals surface area contributed by atoms with Crippen LogP contribution < -0.4 is 9.80 Å². The average Bonchev–Trinajstić information content (AvgIpc) is 3.35. The summed E-state index contributed by atoms with van der Waals surface area (Å²) in [5.41, 5.74) is 2.35. The topological polar surface area (TPSA) is 46.9 Å². The van der Waals surface area contributed by atoms with E-state index in [4.69, 9.17) is 0 Å². The van der Waals surface area contributed by atoms with E-state index in [9.17, 15) is 10.2 Å². The van der Waals surface area contributed by atoms with Crippen molar-refractivity contribution in [1.29, 1.82) is 0 Å². The molecule has 8 atom stereocenters. The van der Waals surface area contributed by atoms with Gasteiger partial charge in [0.15, 0.2) is 0 Å². The number of nitrogens with zero attached hydrogens (tertiary/aromatic N) is 2. The highest BCUT2D eigenvalue weighted by atomic mass is 16.3. The van der Waals surface area contributed by atoms with Crippen molar-refractivity contribution < 1.29 is 10.2 Å². The zero-order chi connectivity index (χ0) is 20.0. The molecule has 2 saturated carbocycles. The van der Waals surface area contributed by atoms with Crippen LogP contribution in [0.1, 0.15) is 0 Å². The lowest BCUT2D eigenvalue weighted by atomic mass is 9.40.